The molecule has 0 saturated heterocycles. The fraction of sp³-hybridized carbons (Fsp3) is 0.231. The molecule has 0 aliphatic rings. The van der Waals surface area contributed by atoms with E-state index in [4.69, 9.17) is 16.7 Å². The molecule has 0 radical (unpaired) electrons. The highest BCUT2D eigenvalue weighted by atomic mass is 35.5. The minimum Gasteiger partial charge on any atom is -0.392 e. The van der Waals surface area contributed by atoms with Crippen LogP contribution in [-0.2, 0) is 0 Å². The van der Waals surface area contributed by atoms with Gasteiger partial charge in [0.05, 0.1) is 11.6 Å². The van der Waals surface area contributed by atoms with Crippen molar-refractivity contribution in [1.29, 1.82) is 0 Å². The maximum Gasteiger partial charge on any atom is 0.319 e. The van der Waals surface area contributed by atoms with E-state index < -0.39 is 12.1 Å². The Kier molecular flexibility index (Phi) is 4.26. The van der Waals surface area contributed by atoms with E-state index in [0.29, 0.717) is 15.9 Å². The number of carbonyl (C=O) groups is 1. The van der Waals surface area contributed by atoms with Crippen LogP contribution in [0.1, 0.15) is 6.92 Å². The standard InChI is InChI=1S/C13H14ClN3O3/c1-7(18)5-16-13(20)17-11-6-15-10-4-8(14)2-3-9(10)12(11)19/h2-4,6-7,18H,5H2,1H3,(H,15,19)(H2,16,17,20). The first-order valence-corrected chi connectivity index (χ1v) is 6.39. The van der Waals surface area contributed by atoms with E-state index in [1.54, 1.807) is 25.1 Å². The number of benzene rings is 1. The number of halogens is 1. The van der Waals surface area contributed by atoms with E-state index in [1.807, 2.05) is 0 Å². The van der Waals surface area contributed by atoms with Crippen molar-refractivity contribution in [2.75, 3.05) is 11.9 Å². The number of aliphatic hydroxyl groups excluding tert-OH is 1. The van der Waals surface area contributed by atoms with E-state index in [-0.39, 0.29) is 17.7 Å². The first-order chi connectivity index (χ1) is 9.47. The van der Waals surface area contributed by atoms with Crippen LogP contribution in [-0.4, -0.2) is 28.8 Å². The molecule has 0 saturated carbocycles. The normalized spacial score (nSPS) is 12.2. The molecule has 1 aromatic heterocycles. The number of hydrogen-bond donors (Lipinski definition) is 4. The van der Waals surface area contributed by atoms with Crippen molar-refractivity contribution in [3.8, 4) is 0 Å². The van der Waals surface area contributed by atoms with Crippen LogP contribution < -0.4 is 16.1 Å². The Hall–Kier alpha value is -2.05. The largest absolute Gasteiger partial charge is 0.392 e. The van der Waals surface area contributed by atoms with Crippen LogP contribution in [0.15, 0.2) is 29.2 Å². The number of anilines is 1. The Morgan fingerprint density at radius 2 is 2.25 bits per heavy atom. The molecule has 1 atom stereocenters. The number of aromatic nitrogens is 1. The van der Waals surface area contributed by atoms with E-state index in [0.717, 1.165) is 0 Å². The average Bonchev–Trinajstić information content (AvgIpc) is 2.39. The maximum atomic E-state index is 12.2. The zero-order valence-electron chi connectivity index (χ0n) is 10.7. The van der Waals surface area contributed by atoms with Crippen LogP contribution >= 0.6 is 11.6 Å². The Morgan fingerprint density at radius 1 is 1.50 bits per heavy atom. The summed E-state index contributed by atoms with van der Waals surface area (Å²) >= 11 is 5.84. The third-order valence-corrected chi connectivity index (χ3v) is 2.88. The van der Waals surface area contributed by atoms with Crippen molar-refractivity contribution in [3.63, 3.8) is 0 Å². The van der Waals surface area contributed by atoms with Gasteiger partial charge in [-0.2, -0.15) is 0 Å². The number of hydrogen-bond acceptors (Lipinski definition) is 3. The number of amides is 2. The van der Waals surface area contributed by atoms with E-state index in [9.17, 15) is 9.59 Å². The lowest BCUT2D eigenvalue weighted by Gasteiger charge is -2.09. The third kappa shape index (κ3) is 3.28. The number of urea groups is 1. The molecule has 4 N–H and O–H groups in total. The van der Waals surface area contributed by atoms with Crippen molar-refractivity contribution >= 4 is 34.2 Å². The first kappa shape index (κ1) is 14.4. The predicted molar refractivity (Wildman–Crippen MR) is 78.3 cm³/mol. The van der Waals surface area contributed by atoms with Gasteiger partial charge in [-0.3, -0.25) is 4.79 Å². The monoisotopic (exact) mass is 295 g/mol. The number of aromatic amines is 1. The lowest BCUT2D eigenvalue weighted by molar-refractivity contribution is 0.190. The molecule has 2 aromatic rings. The van der Waals surface area contributed by atoms with Gasteiger partial charge in [0, 0.05) is 23.2 Å². The van der Waals surface area contributed by atoms with Gasteiger partial charge in [0.15, 0.2) is 0 Å². The fourth-order valence-corrected chi connectivity index (χ4v) is 1.87. The van der Waals surface area contributed by atoms with Gasteiger partial charge in [-0.25, -0.2) is 4.79 Å². The molecular formula is C13H14ClN3O3. The Bertz CT molecular complexity index is 697. The summed E-state index contributed by atoms with van der Waals surface area (Å²) in [7, 11) is 0. The highest BCUT2D eigenvalue weighted by molar-refractivity contribution is 6.31. The molecule has 1 unspecified atom stereocenters. The van der Waals surface area contributed by atoms with Gasteiger partial charge in [0.1, 0.15) is 5.69 Å². The van der Waals surface area contributed by atoms with Crippen molar-refractivity contribution in [2.24, 2.45) is 0 Å². The molecule has 1 aromatic carbocycles. The Balaban J connectivity index is 2.23. The second kappa shape index (κ2) is 5.94. The van der Waals surface area contributed by atoms with Crippen molar-refractivity contribution in [2.45, 2.75) is 13.0 Å². The summed E-state index contributed by atoms with van der Waals surface area (Å²) in [5.41, 5.74) is 0.419. The molecule has 0 aliphatic heterocycles. The highest BCUT2D eigenvalue weighted by Crippen LogP contribution is 2.16. The number of pyridine rings is 1. The minimum absolute atomic E-state index is 0.104. The quantitative estimate of drug-likeness (QED) is 0.694. The lowest BCUT2D eigenvalue weighted by atomic mass is 10.2. The van der Waals surface area contributed by atoms with Gasteiger partial charge in [-0.1, -0.05) is 11.6 Å². The smallest absolute Gasteiger partial charge is 0.319 e. The molecule has 0 bridgehead atoms. The second-order valence-corrected chi connectivity index (χ2v) is 4.84. The van der Waals surface area contributed by atoms with Crippen LogP contribution in [0.5, 0.6) is 0 Å². The van der Waals surface area contributed by atoms with E-state index >= 15 is 0 Å². The van der Waals surface area contributed by atoms with Gasteiger partial charge in [-0.15, -0.1) is 0 Å². The summed E-state index contributed by atoms with van der Waals surface area (Å²) in [4.78, 5) is 26.6. The highest BCUT2D eigenvalue weighted by Gasteiger charge is 2.09. The van der Waals surface area contributed by atoms with Crippen LogP contribution in [0.2, 0.25) is 5.02 Å². The fourth-order valence-electron chi connectivity index (χ4n) is 1.69. The molecule has 0 fully saturated rings. The van der Waals surface area contributed by atoms with Gasteiger partial charge >= 0.3 is 6.03 Å². The summed E-state index contributed by atoms with van der Waals surface area (Å²) in [5.74, 6) is 0. The minimum atomic E-state index is -0.655. The number of aliphatic hydroxyl groups is 1. The van der Waals surface area contributed by atoms with Gasteiger partial charge < -0.3 is 20.7 Å². The van der Waals surface area contributed by atoms with Crippen LogP contribution in [0, 0.1) is 0 Å². The second-order valence-electron chi connectivity index (χ2n) is 4.41. The summed E-state index contributed by atoms with van der Waals surface area (Å²) in [6, 6.07) is 4.28. The number of nitrogens with one attached hydrogen (secondary N) is 3. The molecular weight excluding hydrogens is 282 g/mol. The number of H-pyrrole nitrogens is 1. The molecule has 2 amide bonds. The van der Waals surface area contributed by atoms with Gasteiger partial charge in [0.2, 0.25) is 5.43 Å². The van der Waals surface area contributed by atoms with Crippen LogP contribution in [0.4, 0.5) is 10.5 Å². The first-order valence-electron chi connectivity index (χ1n) is 6.01. The molecule has 106 valence electrons. The third-order valence-electron chi connectivity index (χ3n) is 2.65. The lowest BCUT2D eigenvalue weighted by Crippen LogP contribution is -2.35. The predicted octanol–water partition coefficient (Wildman–Crippen LogP) is 1.68. The topological polar surface area (TPSA) is 94.2 Å². The van der Waals surface area contributed by atoms with Crippen molar-refractivity contribution in [1.82, 2.24) is 10.3 Å². The zero-order valence-corrected chi connectivity index (χ0v) is 11.5. The van der Waals surface area contributed by atoms with Crippen LogP contribution in [0.3, 0.4) is 0 Å². The molecule has 2 rings (SSSR count). The van der Waals surface area contributed by atoms with E-state index in [2.05, 4.69) is 15.6 Å². The Labute approximate surface area is 119 Å². The number of fused-ring (bicyclic) bond motifs is 1. The van der Waals surface area contributed by atoms with Gasteiger partial charge in [-0.05, 0) is 25.1 Å². The molecule has 6 nitrogen and oxygen atoms in total. The average molecular weight is 296 g/mol. The summed E-state index contributed by atoms with van der Waals surface area (Å²) in [6.07, 6.45) is 0.751. The van der Waals surface area contributed by atoms with Crippen molar-refractivity contribution in [3.05, 3.63) is 39.6 Å². The summed E-state index contributed by atoms with van der Waals surface area (Å²) in [6.45, 7) is 1.65. The number of carbonyl (C=O) groups excluding carboxylic acids is 1. The zero-order chi connectivity index (χ0) is 14.7. The van der Waals surface area contributed by atoms with Gasteiger partial charge in [0.25, 0.3) is 0 Å². The molecule has 7 heteroatoms. The molecule has 0 spiro atoms. The molecule has 0 aliphatic carbocycles. The van der Waals surface area contributed by atoms with E-state index in [1.165, 1.54) is 6.20 Å². The SMILES string of the molecule is CC(O)CNC(=O)Nc1c[nH]c2cc(Cl)ccc2c1=O. The Morgan fingerprint density at radius 3 is 2.95 bits per heavy atom. The summed E-state index contributed by atoms with van der Waals surface area (Å²) < 4.78 is 0. The van der Waals surface area contributed by atoms with Crippen molar-refractivity contribution < 1.29 is 9.90 Å². The molecule has 1 heterocycles. The maximum absolute atomic E-state index is 12.2. The molecule has 20 heavy (non-hydrogen) atoms. The summed E-state index contributed by atoms with van der Waals surface area (Å²) in [5, 5.41) is 14.9. The number of rotatable bonds is 3. The van der Waals surface area contributed by atoms with Crippen LogP contribution in [0.25, 0.3) is 10.9 Å².